The molecular formula is C23H26N4OS. The lowest BCUT2D eigenvalue weighted by molar-refractivity contribution is 0.0746. The summed E-state index contributed by atoms with van der Waals surface area (Å²) in [6, 6.07) is 12.3. The second-order valence-corrected chi connectivity index (χ2v) is 9.02. The van der Waals surface area contributed by atoms with E-state index in [1.165, 1.54) is 37.7 Å². The number of benzene rings is 1. The van der Waals surface area contributed by atoms with Crippen molar-refractivity contribution in [1.29, 1.82) is 0 Å². The van der Waals surface area contributed by atoms with Gasteiger partial charge in [-0.3, -0.25) is 4.79 Å². The van der Waals surface area contributed by atoms with E-state index < -0.39 is 0 Å². The Morgan fingerprint density at radius 2 is 1.72 bits per heavy atom. The number of thiazole rings is 1. The molecule has 29 heavy (non-hydrogen) atoms. The molecule has 1 aliphatic heterocycles. The van der Waals surface area contributed by atoms with Crippen molar-refractivity contribution in [1.82, 2.24) is 14.9 Å². The van der Waals surface area contributed by atoms with Crippen LogP contribution in [0.1, 0.15) is 53.9 Å². The van der Waals surface area contributed by atoms with Crippen LogP contribution in [0, 0.1) is 0 Å². The number of carbonyl (C=O) groups is 1. The molecule has 0 bridgehead atoms. The van der Waals surface area contributed by atoms with Crippen LogP contribution in [-0.2, 0) is 0 Å². The topological polar surface area (TPSA) is 49.3 Å². The van der Waals surface area contributed by atoms with Crippen molar-refractivity contribution in [2.75, 3.05) is 31.1 Å². The Morgan fingerprint density at radius 3 is 2.45 bits per heavy atom. The van der Waals surface area contributed by atoms with Crippen molar-refractivity contribution in [3.8, 4) is 0 Å². The number of hydrogen-bond acceptors (Lipinski definition) is 5. The first-order valence-corrected chi connectivity index (χ1v) is 11.5. The van der Waals surface area contributed by atoms with Crippen molar-refractivity contribution in [3.63, 3.8) is 0 Å². The SMILES string of the molecule is O=C(c1ccc(C2CCCCC2)cc1)N1CCN(c2nc3cccnc3s2)CC1. The first kappa shape index (κ1) is 18.6. The molecule has 6 heteroatoms. The Balaban J connectivity index is 1.21. The number of amides is 1. The molecule has 1 aliphatic carbocycles. The Morgan fingerprint density at radius 1 is 0.966 bits per heavy atom. The van der Waals surface area contributed by atoms with Crippen LogP contribution < -0.4 is 4.90 Å². The minimum Gasteiger partial charge on any atom is -0.344 e. The second kappa shape index (κ2) is 8.11. The van der Waals surface area contributed by atoms with Gasteiger partial charge in [-0.1, -0.05) is 42.7 Å². The second-order valence-electron chi connectivity index (χ2n) is 8.06. The van der Waals surface area contributed by atoms with E-state index >= 15 is 0 Å². The fourth-order valence-electron chi connectivity index (χ4n) is 4.51. The molecule has 2 aliphatic rings. The molecule has 1 aromatic carbocycles. The van der Waals surface area contributed by atoms with Gasteiger partial charge in [-0.2, -0.15) is 0 Å². The van der Waals surface area contributed by atoms with Gasteiger partial charge in [0.2, 0.25) is 0 Å². The largest absolute Gasteiger partial charge is 0.344 e. The molecule has 2 fully saturated rings. The van der Waals surface area contributed by atoms with Crippen LogP contribution in [0.3, 0.4) is 0 Å². The van der Waals surface area contributed by atoms with Crippen molar-refractivity contribution in [2.45, 2.75) is 38.0 Å². The maximum atomic E-state index is 13.0. The van der Waals surface area contributed by atoms with Crippen molar-refractivity contribution >= 4 is 32.7 Å². The molecule has 0 spiro atoms. The highest BCUT2D eigenvalue weighted by atomic mass is 32.1. The molecule has 0 N–H and O–H groups in total. The molecule has 0 unspecified atom stereocenters. The van der Waals surface area contributed by atoms with E-state index in [1.54, 1.807) is 17.5 Å². The molecular weight excluding hydrogens is 380 g/mol. The first-order chi connectivity index (χ1) is 14.3. The summed E-state index contributed by atoms with van der Waals surface area (Å²) in [5.41, 5.74) is 3.15. The van der Waals surface area contributed by atoms with Crippen LogP contribution in [0.2, 0.25) is 0 Å². The van der Waals surface area contributed by atoms with E-state index in [9.17, 15) is 4.79 Å². The zero-order valence-electron chi connectivity index (χ0n) is 16.6. The summed E-state index contributed by atoms with van der Waals surface area (Å²) < 4.78 is 0. The van der Waals surface area contributed by atoms with E-state index in [2.05, 4.69) is 22.0 Å². The first-order valence-electron chi connectivity index (χ1n) is 10.6. The highest BCUT2D eigenvalue weighted by Crippen LogP contribution is 2.33. The van der Waals surface area contributed by atoms with Crippen LogP contribution in [0.5, 0.6) is 0 Å². The lowest BCUT2D eigenvalue weighted by Gasteiger charge is -2.34. The number of piperazine rings is 1. The monoisotopic (exact) mass is 406 g/mol. The molecule has 0 atom stereocenters. The summed E-state index contributed by atoms with van der Waals surface area (Å²) in [5.74, 6) is 0.825. The van der Waals surface area contributed by atoms with Gasteiger partial charge in [-0.05, 0) is 48.6 Å². The van der Waals surface area contributed by atoms with Gasteiger partial charge in [0.1, 0.15) is 10.3 Å². The third-order valence-corrected chi connectivity index (χ3v) is 7.27. The van der Waals surface area contributed by atoms with E-state index in [4.69, 9.17) is 4.98 Å². The van der Waals surface area contributed by atoms with E-state index in [0.717, 1.165) is 47.2 Å². The molecule has 1 saturated carbocycles. The zero-order chi connectivity index (χ0) is 19.6. The Bertz CT molecular complexity index is 953. The van der Waals surface area contributed by atoms with Crippen LogP contribution in [0.4, 0.5) is 5.13 Å². The van der Waals surface area contributed by atoms with Crippen LogP contribution in [0.15, 0.2) is 42.6 Å². The lowest BCUT2D eigenvalue weighted by Crippen LogP contribution is -2.48. The van der Waals surface area contributed by atoms with Crippen LogP contribution in [-0.4, -0.2) is 47.0 Å². The highest BCUT2D eigenvalue weighted by molar-refractivity contribution is 7.21. The van der Waals surface area contributed by atoms with Gasteiger partial charge in [0.15, 0.2) is 5.13 Å². The fraction of sp³-hybridized carbons (Fsp3) is 0.435. The number of pyridine rings is 1. The summed E-state index contributed by atoms with van der Waals surface area (Å²) in [6.45, 7) is 3.08. The minimum absolute atomic E-state index is 0.144. The molecule has 0 radical (unpaired) electrons. The standard InChI is InChI=1S/C23H26N4OS/c28-22(19-10-8-18(9-11-19)17-5-2-1-3-6-17)26-13-15-27(16-14-26)23-25-20-7-4-12-24-21(20)29-23/h4,7-12,17H,1-3,5-6,13-16H2. The van der Waals surface area contributed by atoms with Gasteiger partial charge in [0.05, 0.1) is 0 Å². The molecule has 2 aromatic heterocycles. The van der Waals surface area contributed by atoms with Gasteiger partial charge in [-0.25, -0.2) is 9.97 Å². The van der Waals surface area contributed by atoms with Gasteiger partial charge in [0.25, 0.3) is 5.91 Å². The number of carbonyl (C=O) groups excluding carboxylic acids is 1. The number of hydrogen-bond donors (Lipinski definition) is 0. The number of rotatable bonds is 3. The summed E-state index contributed by atoms with van der Waals surface area (Å²) in [5, 5.41) is 1.00. The molecule has 5 nitrogen and oxygen atoms in total. The van der Waals surface area contributed by atoms with Gasteiger partial charge in [-0.15, -0.1) is 0 Å². The van der Waals surface area contributed by atoms with Gasteiger partial charge in [0, 0.05) is 37.9 Å². The highest BCUT2D eigenvalue weighted by Gasteiger charge is 2.24. The van der Waals surface area contributed by atoms with Crippen molar-refractivity contribution < 1.29 is 4.79 Å². The average molecular weight is 407 g/mol. The predicted octanol–water partition coefficient (Wildman–Crippen LogP) is 4.70. The Kier molecular flexibility index (Phi) is 5.19. The van der Waals surface area contributed by atoms with Gasteiger partial charge < -0.3 is 9.80 Å². The molecule has 5 rings (SSSR count). The fourth-order valence-corrected chi connectivity index (χ4v) is 5.47. The summed E-state index contributed by atoms with van der Waals surface area (Å²) in [7, 11) is 0. The molecule has 150 valence electrons. The van der Waals surface area contributed by atoms with E-state index in [-0.39, 0.29) is 5.91 Å². The van der Waals surface area contributed by atoms with Gasteiger partial charge >= 0.3 is 0 Å². The van der Waals surface area contributed by atoms with Crippen LogP contribution >= 0.6 is 11.3 Å². The summed E-state index contributed by atoms with van der Waals surface area (Å²) in [4.78, 5) is 27.2. The average Bonchev–Trinajstić information content (AvgIpc) is 3.24. The molecule has 3 aromatic rings. The smallest absolute Gasteiger partial charge is 0.253 e. The third-order valence-electron chi connectivity index (χ3n) is 6.23. The molecule has 1 saturated heterocycles. The number of aromatic nitrogens is 2. The Hall–Kier alpha value is -2.47. The predicted molar refractivity (Wildman–Crippen MR) is 118 cm³/mol. The number of fused-ring (bicyclic) bond motifs is 1. The number of nitrogens with zero attached hydrogens (tertiary/aromatic N) is 4. The summed E-state index contributed by atoms with van der Waals surface area (Å²) in [6.07, 6.45) is 8.42. The van der Waals surface area contributed by atoms with Crippen molar-refractivity contribution in [3.05, 3.63) is 53.7 Å². The molecule has 1 amide bonds. The zero-order valence-corrected chi connectivity index (χ0v) is 17.4. The number of anilines is 1. The van der Waals surface area contributed by atoms with Crippen LogP contribution in [0.25, 0.3) is 10.3 Å². The lowest BCUT2D eigenvalue weighted by atomic mass is 9.84. The van der Waals surface area contributed by atoms with Crippen molar-refractivity contribution in [2.24, 2.45) is 0 Å². The normalized spacial score (nSPS) is 18.3. The third kappa shape index (κ3) is 3.86. The Labute approximate surface area is 175 Å². The minimum atomic E-state index is 0.144. The van der Waals surface area contributed by atoms with E-state index in [0.29, 0.717) is 5.92 Å². The maximum absolute atomic E-state index is 13.0. The maximum Gasteiger partial charge on any atom is 0.253 e. The summed E-state index contributed by atoms with van der Waals surface area (Å²) >= 11 is 1.63. The van der Waals surface area contributed by atoms with E-state index in [1.807, 2.05) is 29.2 Å². The molecule has 3 heterocycles. The quantitative estimate of drug-likeness (QED) is 0.632.